The highest BCUT2D eigenvalue weighted by Gasteiger charge is 2.40. The number of ether oxygens (including phenoxy) is 1. The Hall–Kier alpha value is -4.25. The third-order valence-corrected chi connectivity index (χ3v) is 6.21. The number of hydrogen-bond acceptors (Lipinski definition) is 10. The molecular weight excluding hydrogens is 470 g/mol. The second-order valence-electron chi connectivity index (χ2n) is 7.79. The number of aryl methyl sites for hydroxylation is 1. The molecule has 3 aromatic rings. The van der Waals surface area contributed by atoms with Crippen LogP contribution in [0.3, 0.4) is 0 Å². The van der Waals surface area contributed by atoms with Gasteiger partial charge in [-0.3, -0.25) is 14.4 Å². The van der Waals surface area contributed by atoms with Crippen molar-refractivity contribution in [2.45, 2.75) is 23.8 Å². The van der Waals surface area contributed by atoms with Crippen molar-refractivity contribution in [3.05, 3.63) is 71.3 Å². The predicted molar refractivity (Wildman–Crippen MR) is 130 cm³/mol. The van der Waals surface area contributed by atoms with Crippen LogP contribution in [0.15, 0.2) is 59.8 Å². The molecule has 2 heterocycles. The van der Waals surface area contributed by atoms with E-state index >= 15 is 0 Å². The molecule has 0 saturated carbocycles. The molecule has 4 rings (SSSR count). The molecule has 1 atom stereocenters. The summed E-state index contributed by atoms with van der Waals surface area (Å²) in [5.41, 5.74) is 13.3. The number of hydrogen-bond donors (Lipinski definition) is 2. The molecule has 0 aliphatic carbocycles. The van der Waals surface area contributed by atoms with Crippen LogP contribution in [0, 0.1) is 6.92 Å². The highest BCUT2D eigenvalue weighted by atomic mass is 32.2. The standard InChI is InChI=1S/C24H21N5O5S/c1-13-2-4-14(5-3-13)17(30)12-34-23(33)15-6-8-16(9-7-15)29-21(31)10-18(22(29)32)35-24-27-19(25)11-20(26)28-24/h2-9,11,18H,10,12H2,1H3,(H4,25,26,27,28). The van der Waals surface area contributed by atoms with Gasteiger partial charge in [0.2, 0.25) is 11.8 Å². The largest absolute Gasteiger partial charge is 0.454 e. The third-order valence-electron chi connectivity index (χ3n) is 5.17. The quantitative estimate of drug-likeness (QED) is 0.217. The van der Waals surface area contributed by atoms with Crippen molar-refractivity contribution in [3.63, 3.8) is 0 Å². The zero-order valence-electron chi connectivity index (χ0n) is 18.6. The SMILES string of the molecule is Cc1ccc(C(=O)COC(=O)c2ccc(N3C(=O)CC(Sc4nc(N)cc(N)n4)C3=O)cc2)cc1. The molecule has 11 heteroatoms. The second-order valence-corrected chi connectivity index (χ2v) is 8.96. The Morgan fingerprint density at radius 2 is 1.60 bits per heavy atom. The van der Waals surface area contributed by atoms with Crippen LogP contribution in [0.5, 0.6) is 0 Å². The summed E-state index contributed by atoms with van der Waals surface area (Å²) in [4.78, 5) is 59.1. The van der Waals surface area contributed by atoms with Gasteiger partial charge in [-0.25, -0.2) is 19.7 Å². The Bertz CT molecular complexity index is 1290. The van der Waals surface area contributed by atoms with E-state index < -0.39 is 29.6 Å². The smallest absolute Gasteiger partial charge is 0.338 e. The van der Waals surface area contributed by atoms with Gasteiger partial charge in [-0.2, -0.15) is 0 Å². The molecular formula is C24H21N5O5S. The molecule has 2 amide bonds. The Morgan fingerprint density at radius 3 is 2.23 bits per heavy atom. The van der Waals surface area contributed by atoms with Crippen LogP contribution in [0.25, 0.3) is 0 Å². The first-order chi connectivity index (χ1) is 16.7. The maximum absolute atomic E-state index is 12.9. The van der Waals surface area contributed by atoms with E-state index in [9.17, 15) is 19.2 Å². The molecule has 1 aromatic heterocycles. The minimum atomic E-state index is -0.735. The summed E-state index contributed by atoms with van der Waals surface area (Å²) in [6, 6.07) is 14.1. The first kappa shape index (κ1) is 23.9. The van der Waals surface area contributed by atoms with E-state index in [1.54, 1.807) is 24.3 Å². The van der Waals surface area contributed by atoms with Crippen molar-refractivity contribution in [1.82, 2.24) is 9.97 Å². The molecule has 10 nitrogen and oxygen atoms in total. The Morgan fingerprint density at radius 1 is 1.00 bits per heavy atom. The number of imide groups is 1. The van der Waals surface area contributed by atoms with Gasteiger partial charge in [0.05, 0.1) is 11.3 Å². The van der Waals surface area contributed by atoms with E-state index in [1.807, 2.05) is 6.92 Å². The van der Waals surface area contributed by atoms with E-state index in [4.69, 9.17) is 16.2 Å². The number of benzene rings is 2. The first-order valence-electron chi connectivity index (χ1n) is 10.5. The van der Waals surface area contributed by atoms with E-state index in [1.165, 1.54) is 30.3 Å². The van der Waals surface area contributed by atoms with Crippen molar-refractivity contribution in [3.8, 4) is 0 Å². The third kappa shape index (κ3) is 5.46. The summed E-state index contributed by atoms with van der Waals surface area (Å²) in [7, 11) is 0. The lowest BCUT2D eigenvalue weighted by molar-refractivity contribution is -0.121. The molecule has 0 spiro atoms. The number of carbonyl (C=O) groups excluding carboxylic acids is 4. The molecule has 178 valence electrons. The van der Waals surface area contributed by atoms with Gasteiger partial charge in [0, 0.05) is 18.1 Å². The van der Waals surface area contributed by atoms with Gasteiger partial charge in [0.15, 0.2) is 17.5 Å². The zero-order chi connectivity index (χ0) is 25.1. The molecule has 1 aliphatic heterocycles. The molecule has 0 radical (unpaired) electrons. The number of nitrogens with two attached hydrogens (primary N) is 2. The van der Waals surface area contributed by atoms with Crippen LogP contribution in [0.2, 0.25) is 0 Å². The summed E-state index contributed by atoms with van der Waals surface area (Å²) in [5.74, 6) is -1.53. The fourth-order valence-corrected chi connectivity index (χ4v) is 4.40. The molecule has 1 saturated heterocycles. The minimum absolute atomic E-state index is 0.0491. The summed E-state index contributed by atoms with van der Waals surface area (Å²) < 4.78 is 5.11. The van der Waals surface area contributed by atoms with Crippen molar-refractivity contribution in [2.75, 3.05) is 23.0 Å². The number of anilines is 3. The molecule has 2 aromatic carbocycles. The number of aromatic nitrogens is 2. The van der Waals surface area contributed by atoms with E-state index in [2.05, 4.69) is 9.97 Å². The summed E-state index contributed by atoms with van der Waals surface area (Å²) in [6.07, 6.45) is -0.0491. The Balaban J connectivity index is 1.39. The normalized spacial score (nSPS) is 15.3. The average Bonchev–Trinajstić information content (AvgIpc) is 3.09. The van der Waals surface area contributed by atoms with E-state index in [0.717, 1.165) is 22.2 Å². The van der Waals surface area contributed by atoms with Crippen molar-refractivity contribution in [1.29, 1.82) is 0 Å². The number of Topliss-reactive ketones (excluding diaryl/α,β-unsaturated/α-hetero) is 1. The van der Waals surface area contributed by atoms with Crippen LogP contribution >= 0.6 is 11.8 Å². The second kappa shape index (κ2) is 9.94. The van der Waals surface area contributed by atoms with Gasteiger partial charge in [-0.05, 0) is 31.2 Å². The number of carbonyl (C=O) groups is 4. The number of amides is 2. The fraction of sp³-hybridized carbons (Fsp3) is 0.167. The van der Waals surface area contributed by atoms with Gasteiger partial charge in [-0.1, -0.05) is 41.6 Å². The lowest BCUT2D eigenvalue weighted by atomic mass is 10.1. The highest BCUT2D eigenvalue weighted by molar-refractivity contribution is 8.00. The van der Waals surface area contributed by atoms with Crippen molar-refractivity contribution >= 4 is 52.7 Å². The van der Waals surface area contributed by atoms with Crippen molar-refractivity contribution < 1.29 is 23.9 Å². The van der Waals surface area contributed by atoms with Crippen LogP contribution < -0.4 is 16.4 Å². The van der Waals surface area contributed by atoms with Crippen LogP contribution in [0.1, 0.15) is 32.7 Å². The predicted octanol–water partition coefficient (Wildman–Crippen LogP) is 2.41. The Kier molecular flexibility index (Phi) is 6.78. The maximum atomic E-state index is 12.9. The van der Waals surface area contributed by atoms with Gasteiger partial charge in [-0.15, -0.1) is 0 Å². The fourth-order valence-electron chi connectivity index (χ4n) is 3.39. The maximum Gasteiger partial charge on any atom is 0.338 e. The van der Waals surface area contributed by atoms with Gasteiger partial charge >= 0.3 is 5.97 Å². The molecule has 1 aliphatic rings. The molecule has 1 unspecified atom stereocenters. The number of thioether (sulfide) groups is 1. The molecule has 35 heavy (non-hydrogen) atoms. The highest BCUT2D eigenvalue weighted by Crippen LogP contribution is 2.33. The number of ketones is 1. The van der Waals surface area contributed by atoms with Gasteiger partial charge < -0.3 is 16.2 Å². The first-order valence-corrected chi connectivity index (χ1v) is 11.4. The average molecular weight is 492 g/mol. The minimum Gasteiger partial charge on any atom is -0.454 e. The number of nitrogens with zero attached hydrogens (tertiary/aromatic N) is 3. The summed E-state index contributed by atoms with van der Waals surface area (Å²) in [6.45, 7) is 1.51. The summed E-state index contributed by atoms with van der Waals surface area (Å²) in [5, 5.41) is -0.532. The topological polar surface area (TPSA) is 159 Å². The van der Waals surface area contributed by atoms with E-state index in [0.29, 0.717) is 11.3 Å². The lowest BCUT2D eigenvalue weighted by Crippen LogP contribution is -2.31. The van der Waals surface area contributed by atoms with Crippen LogP contribution in [0.4, 0.5) is 17.3 Å². The van der Waals surface area contributed by atoms with E-state index in [-0.39, 0.29) is 34.6 Å². The lowest BCUT2D eigenvalue weighted by Gasteiger charge is -2.15. The molecule has 1 fully saturated rings. The molecule has 4 N–H and O–H groups in total. The number of rotatable bonds is 7. The monoisotopic (exact) mass is 491 g/mol. The van der Waals surface area contributed by atoms with Gasteiger partial charge in [0.25, 0.3) is 0 Å². The van der Waals surface area contributed by atoms with Crippen LogP contribution in [-0.4, -0.2) is 45.4 Å². The van der Waals surface area contributed by atoms with Crippen LogP contribution in [-0.2, 0) is 14.3 Å². The number of nitrogen functional groups attached to an aromatic ring is 2. The Labute approximate surface area is 204 Å². The van der Waals surface area contributed by atoms with Crippen molar-refractivity contribution in [2.24, 2.45) is 0 Å². The van der Waals surface area contributed by atoms with Gasteiger partial charge in [0.1, 0.15) is 16.9 Å². The zero-order valence-corrected chi connectivity index (χ0v) is 19.5. The number of esters is 1. The molecule has 0 bridgehead atoms. The summed E-state index contributed by atoms with van der Waals surface area (Å²) >= 11 is 1.01.